The number of methoxy groups -OCH3 is 1. The average molecular weight is 497 g/mol. The second-order valence-electron chi connectivity index (χ2n) is 9.61. The molecule has 1 saturated heterocycles. The number of nitrogens with zero attached hydrogens (tertiary/aromatic N) is 1. The summed E-state index contributed by atoms with van der Waals surface area (Å²) in [6, 6.07) is 13.1. The predicted octanol–water partition coefficient (Wildman–Crippen LogP) is 4.85. The largest absolute Gasteiger partial charge is 0.495 e. The molecule has 1 amide bonds. The normalized spacial score (nSPS) is 18.3. The number of rotatable bonds is 7. The standard InChI is InChI=1S/C27H29ClN2O5/c1-30-20-11-12-22(34-2)24(28)19(20)13-21(30)25(31)29-27(14-35-15-27)18-9-7-17(8-10-18)23(26(32)33)16-5-3-4-6-16/h7-13,16,23H,3-6,14-15H2,1-2H3,(H,29,31)(H,32,33)/t23-/m1/s1. The molecule has 8 heteroatoms. The Morgan fingerprint density at radius 3 is 2.43 bits per heavy atom. The molecule has 7 nitrogen and oxygen atoms in total. The molecule has 0 unspecified atom stereocenters. The maximum Gasteiger partial charge on any atom is 0.311 e. The zero-order valence-electron chi connectivity index (χ0n) is 19.8. The number of fused-ring (bicyclic) bond motifs is 1. The highest BCUT2D eigenvalue weighted by molar-refractivity contribution is 6.37. The molecule has 35 heavy (non-hydrogen) atoms. The van der Waals surface area contributed by atoms with Gasteiger partial charge in [0.25, 0.3) is 5.91 Å². The number of carbonyl (C=O) groups excluding carboxylic acids is 1. The minimum Gasteiger partial charge on any atom is -0.495 e. The molecule has 2 aliphatic rings. The van der Waals surface area contributed by atoms with Crippen LogP contribution >= 0.6 is 11.6 Å². The number of aromatic nitrogens is 1. The molecule has 2 N–H and O–H groups in total. The zero-order valence-corrected chi connectivity index (χ0v) is 20.6. The van der Waals surface area contributed by atoms with Gasteiger partial charge in [0.2, 0.25) is 0 Å². The van der Waals surface area contributed by atoms with Gasteiger partial charge in [-0.1, -0.05) is 48.7 Å². The van der Waals surface area contributed by atoms with E-state index in [4.69, 9.17) is 21.1 Å². The van der Waals surface area contributed by atoms with E-state index in [1.165, 1.54) is 0 Å². The molecule has 184 valence electrons. The molecule has 3 aromatic rings. The van der Waals surface area contributed by atoms with Gasteiger partial charge in [0.05, 0.1) is 36.8 Å². The highest BCUT2D eigenvalue weighted by Gasteiger charge is 2.43. The molecule has 2 fully saturated rings. The van der Waals surface area contributed by atoms with Gasteiger partial charge in [0, 0.05) is 12.4 Å². The Hall–Kier alpha value is -3.03. The van der Waals surface area contributed by atoms with E-state index in [1.54, 1.807) is 19.2 Å². The number of nitrogens with one attached hydrogen (secondary N) is 1. The van der Waals surface area contributed by atoms with Crippen LogP contribution in [0.25, 0.3) is 10.9 Å². The summed E-state index contributed by atoms with van der Waals surface area (Å²) in [6.45, 7) is 0.698. The molecular weight excluding hydrogens is 468 g/mol. The van der Waals surface area contributed by atoms with Crippen molar-refractivity contribution in [1.82, 2.24) is 9.88 Å². The maximum atomic E-state index is 13.4. The summed E-state index contributed by atoms with van der Waals surface area (Å²) in [5.41, 5.74) is 2.35. The van der Waals surface area contributed by atoms with Crippen molar-refractivity contribution in [2.24, 2.45) is 13.0 Å². The lowest BCUT2D eigenvalue weighted by atomic mass is 9.82. The van der Waals surface area contributed by atoms with E-state index < -0.39 is 17.4 Å². The Balaban J connectivity index is 1.41. The van der Waals surface area contributed by atoms with Crippen molar-refractivity contribution in [3.63, 3.8) is 0 Å². The molecule has 5 rings (SSSR count). The van der Waals surface area contributed by atoms with Gasteiger partial charge in [-0.15, -0.1) is 0 Å². The first-order valence-corrected chi connectivity index (χ1v) is 12.3. The predicted molar refractivity (Wildman–Crippen MR) is 133 cm³/mol. The van der Waals surface area contributed by atoms with Crippen molar-refractivity contribution in [2.45, 2.75) is 37.1 Å². The molecule has 1 saturated carbocycles. The molecule has 1 aliphatic carbocycles. The molecule has 2 heterocycles. The zero-order chi connectivity index (χ0) is 24.7. The van der Waals surface area contributed by atoms with E-state index in [-0.39, 0.29) is 11.8 Å². The first kappa shape index (κ1) is 23.7. The van der Waals surface area contributed by atoms with Crippen LogP contribution in [0.1, 0.15) is 53.2 Å². The van der Waals surface area contributed by atoms with Crippen LogP contribution in [0.3, 0.4) is 0 Å². The molecular formula is C27H29ClN2O5. The Labute approximate surface area is 209 Å². The number of hydrogen-bond acceptors (Lipinski definition) is 4. The molecule has 0 radical (unpaired) electrons. The number of carboxylic acids is 1. The lowest BCUT2D eigenvalue weighted by Crippen LogP contribution is -2.59. The van der Waals surface area contributed by atoms with Crippen molar-refractivity contribution in [1.29, 1.82) is 0 Å². The van der Waals surface area contributed by atoms with Crippen LogP contribution in [0, 0.1) is 5.92 Å². The molecule has 2 aromatic carbocycles. The van der Waals surface area contributed by atoms with Gasteiger partial charge < -0.3 is 24.5 Å². The van der Waals surface area contributed by atoms with Gasteiger partial charge in [-0.05, 0) is 48.1 Å². The third kappa shape index (κ3) is 4.06. The van der Waals surface area contributed by atoms with Crippen molar-refractivity contribution in [3.05, 3.63) is 64.3 Å². The van der Waals surface area contributed by atoms with E-state index in [0.717, 1.165) is 47.7 Å². The number of amides is 1. The second-order valence-corrected chi connectivity index (χ2v) is 9.99. The van der Waals surface area contributed by atoms with Crippen molar-refractivity contribution >= 4 is 34.4 Å². The Morgan fingerprint density at radius 2 is 1.86 bits per heavy atom. The van der Waals surface area contributed by atoms with Gasteiger partial charge >= 0.3 is 5.97 Å². The summed E-state index contributed by atoms with van der Waals surface area (Å²) in [7, 11) is 3.38. The Bertz CT molecular complexity index is 1270. The molecule has 0 bridgehead atoms. The second kappa shape index (κ2) is 9.21. The third-order valence-electron chi connectivity index (χ3n) is 7.59. The quantitative estimate of drug-likeness (QED) is 0.488. The lowest BCUT2D eigenvalue weighted by Gasteiger charge is -2.42. The third-order valence-corrected chi connectivity index (χ3v) is 7.98. The van der Waals surface area contributed by atoms with Crippen LogP contribution in [-0.2, 0) is 22.1 Å². The summed E-state index contributed by atoms with van der Waals surface area (Å²) in [5.74, 6) is -0.771. The number of aryl methyl sites for hydroxylation is 1. The summed E-state index contributed by atoms with van der Waals surface area (Å²) in [4.78, 5) is 25.4. The minimum absolute atomic E-state index is 0.177. The number of aliphatic carboxylic acids is 1. The highest BCUT2D eigenvalue weighted by Crippen LogP contribution is 2.39. The SMILES string of the molecule is COc1ccc2c(cc(C(=O)NC3(c4ccc([C@H](C(=O)O)C5CCCC5)cc4)COC3)n2C)c1Cl. The monoisotopic (exact) mass is 496 g/mol. The molecule has 1 aromatic heterocycles. The number of halogens is 1. The van der Waals surface area contributed by atoms with Crippen molar-refractivity contribution < 1.29 is 24.2 Å². The van der Waals surface area contributed by atoms with Crippen LogP contribution in [0.15, 0.2) is 42.5 Å². The van der Waals surface area contributed by atoms with Crippen LogP contribution in [0.5, 0.6) is 5.75 Å². The smallest absolute Gasteiger partial charge is 0.311 e. The number of hydrogen-bond donors (Lipinski definition) is 2. The van der Waals surface area contributed by atoms with Gasteiger partial charge in [-0.2, -0.15) is 0 Å². The van der Waals surface area contributed by atoms with Crippen LogP contribution in [0.4, 0.5) is 0 Å². The van der Waals surface area contributed by atoms with Gasteiger partial charge in [-0.25, -0.2) is 0 Å². The van der Waals surface area contributed by atoms with Crippen molar-refractivity contribution in [2.75, 3.05) is 20.3 Å². The van der Waals surface area contributed by atoms with Crippen LogP contribution in [0.2, 0.25) is 5.02 Å². The first-order valence-electron chi connectivity index (χ1n) is 11.9. The van der Waals surface area contributed by atoms with Crippen LogP contribution < -0.4 is 10.1 Å². The summed E-state index contributed by atoms with van der Waals surface area (Å²) in [6.07, 6.45) is 4.08. The minimum atomic E-state index is -0.772. The van der Waals surface area contributed by atoms with E-state index in [0.29, 0.717) is 29.7 Å². The topological polar surface area (TPSA) is 89.8 Å². The number of carbonyl (C=O) groups is 2. The van der Waals surface area contributed by atoms with Gasteiger partial charge in [0.15, 0.2) is 0 Å². The van der Waals surface area contributed by atoms with Crippen molar-refractivity contribution in [3.8, 4) is 5.75 Å². The Kier molecular flexibility index (Phi) is 6.23. The fourth-order valence-electron chi connectivity index (χ4n) is 5.55. The Morgan fingerprint density at radius 1 is 1.17 bits per heavy atom. The maximum absolute atomic E-state index is 13.4. The van der Waals surface area contributed by atoms with E-state index in [9.17, 15) is 14.7 Å². The van der Waals surface area contributed by atoms with Crippen LogP contribution in [-0.4, -0.2) is 41.9 Å². The molecule has 1 atom stereocenters. The first-order chi connectivity index (χ1) is 16.8. The fourth-order valence-corrected chi connectivity index (χ4v) is 5.84. The lowest BCUT2D eigenvalue weighted by molar-refractivity contribution is -0.140. The number of carboxylic acid groups (broad SMARTS) is 1. The summed E-state index contributed by atoms with van der Waals surface area (Å²) >= 11 is 6.48. The highest BCUT2D eigenvalue weighted by atomic mass is 35.5. The number of benzene rings is 2. The van der Waals surface area contributed by atoms with Gasteiger partial charge in [-0.3, -0.25) is 9.59 Å². The molecule has 0 spiro atoms. The summed E-state index contributed by atoms with van der Waals surface area (Å²) in [5, 5.41) is 14.2. The molecule has 1 aliphatic heterocycles. The van der Waals surface area contributed by atoms with Gasteiger partial charge in [0.1, 0.15) is 17.0 Å². The van der Waals surface area contributed by atoms with E-state index in [2.05, 4.69) is 5.32 Å². The average Bonchev–Trinajstić information content (AvgIpc) is 3.46. The van der Waals surface area contributed by atoms with E-state index in [1.807, 2.05) is 41.9 Å². The number of ether oxygens (including phenoxy) is 2. The van der Waals surface area contributed by atoms with E-state index >= 15 is 0 Å². The fraction of sp³-hybridized carbons (Fsp3) is 0.407. The summed E-state index contributed by atoms with van der Waals surface area (Å²) < 4.78 is 12.6.